The zero-order valence-corrected chi connectivity index (χ0v) is 7.10. The summed E-state index contributed by atoms with van der Waals surface area (Å²) >= 11 is 0. The Morgan fingerprint density at radius 2 is 2.00 bits per heavy atom. The second-order valence-electron chi connectivity index (χ2n) is 2.70. The summed E-state index contributed by atoms with van der Waals surface area (Å²) in [5.74, 6) is -0.246. The number of amides is 1. The molecule has 0 aromatic rings. The Labute approximate surface area is 66.5 Å². The molecule has 0 saturated carbocycles. The monoisotopic (exact) mass is 159 g/mol. The van der Waals surface area contributed by atoms with E-state index in [0.29, 0.717) is 0 Å². The van der Waals surface area contributed by atoms with Crippen molar-refractivity contribution in [1.29, 1.82) is 0 Å². The molecule has 1 N–H and O–H groups in total. The molecule has 3 heteroatoms. The van der Waals surface area contributed by atoms with Gasteiger partial charge in [0.2, 0.25) is 5.91 Å². The highest BCUT2D eigenvalue weighted by Gasteiger charge is 1.97. The quantitative estimate of drug-likeness (QED) is 0.620. The number of rotatable bonds is 3. The number of allylic oxidation sites excluding steroid dienone is 1. The predicted octanol–water partition coefficient (Wildman–Crippen LogP) is 1.43. The Hall–Kier alpha value is -0.860. The van der Waals surface area contributed by atoms with Gasteiger partial charge in [-0.25, -0.2) is 4.39 Å². The van der Waals surface area contributed by atoms with Crippen LogP contribution in [0, 0.1) is 0 Å². The molecular weight excluding hydrogens is 145 g/mol. The maximum atomic E-state index is 12.1. The number of hydrogen-bond acceptors (Lipinski definition) is 1. The molecule has 0 aliphatic heterocycles. The van der Waals surface area contributed by atoms with Crippen molar-refractivity contribution >= 4 is 5.91 Å². The minimum atomic E-state index is -1.06. The van der Waals surface area contributed by atoms with Crippen molar-refractivity contribution in [2.75, 3.05) is 0 Å². The zero-order chi connectivity index (χ0) is 8.85. The minimum Gasteiger partial charge on any atom is -0.350 e. The number of carbonyl (C=O) groups is 1. The molecule has 0 aliphatic rings. The fraction of sp³-hybridized carbons (Fsp3) is 0.625. The van der Waals surface area contributed by atoms with Gasteiger partial charge in [-0.3, -0.25) is 4.79 Å². The molecule has 0 saturated heterocycles. The standard InChI is InChI=1S/C8H14FNO/c1-6(2)10-8(11)5-4-7(3)9/h4-7H,1-3H3,(H,10,11)/b5-4+. The van der Waals surface area contributed by atoms with Crippen LogP contribution in [-0.2, 0) is 4.79 Å². The molecule has 1 amide bonds. The molecule has 0 fully saturated rings. The first-order chi connectivity index (χ1) is 5.02. The van der Waals surface area contributed by atoms with E-state index in [1.54, 1.807) is 0 Å². The SMILES string of the molecule is CC(F)/C=C/C(=O)NC(C)C. The van der Waals surface area contributed by atoms with E-state index in [1.165, 1.54) is 19.1 Å². The van der Waals surface area contributed by atoms with Crippen LogP contribution in [0.5, 0.6) is 0 Å². The fourth-order valence-corrected chi connectivity index (χ4v) is 0.553. The van der Waals surface area contributed by atoms with E-state index in [-0.39, 0.29) is 11.9 Å². The van der Waals surface area contributed by atoms with Crippen LogP contribution in [0.3, 0.4) is 0 Å². The van der Waals surface area contributed by atoms with Crippen LogP contribution in [0.1, 0.15) is 20.8 Å². The maximum absolute atomic E-state index is 12.1. The summed E-state index contributed by atoms with van der Waals surface area (Å²) in [5.41, 5.74) is 0. The molecule has 0 aliphatic carbocycles. The summed E-state index contributed by atoms with van der Waals surface area (Å²) in [6.07, 6.45) is 1.37. The van der Waals surface area contributed by atoms with Crippen LogP contribution >= 0.6 is 0 Å². The normalized spacial score (nSPS) is 13.9. The van der Waals surface area contributed by atoms with Crippen molar-refractivity contribution in [3.8, 4) is 0 Å². The summed E-state index contributed by atoms with van der Waals surface area (Å²) in [6, 6.07) is 0.0991. The van der Waals surface area contributed by atoms with E-state index < -0.39 is 6.17 Å². The van der Waals surface area contributed by atoms with Crippen molar-refractivity contribution < 1.29 is 9.18 Å². The third-order valence-electron chi connectivity index (χ3n) is 0.944. The second kappa shape index (κ2) is 4.88. The van der Waals surface area contributed by atoms with Gasteiger partial charge in [-0.1, -0.05) is 0 Å². The number of hydrogen-bond donors (Lipinski definition) is 1. The van der Waals surface area contributed by atoms with E-state index in [9.17, 15) is 9.18 Å². The Kier molecular flexibility index (Phi) is 4.50. The van der Waals surface area contributed by atoms with Gasteiger partial charge in [-0.2, -0.15) is 0 Å². The maximum Gasteiger partial charge on any atom is 0.243 e. The summed E-state index contributed by atoms with van der Waals surface area (Å²) in [4.78, 5) is 10.8. The first kappa shape index (κ1) is 10.1. The predicted molar refractivity (Wildman–Crippen MR) is 43.0 cm³/mol. The van der Waals surface area contributed by atoms with Gasteiger partial charge in [0.1, 0.15) is 6.17 Å². The van der Waals surface area contributed by atoms with Crippen molar-refractivity contribution in [3.63, 3.8) is 0 Å². The van der Waals surface area contributed by atoms with Gasteiger partial charge in [0, 0.05) is 12.1 Å². The first-order valence-corrected chi connectivity index (χ1v) is 3.65. The third-order valence-corrected chi connectivity index (χ3v) is 0.944. The van der Waals surface area contributed by atoms with Gasteiger partial charge in [0.15, 0.2) is 0 Å². The second-order valence-corrected chi connectivity index (χ2v) is 2.70. The minimum absolute atomic E-state index is 0.0991. The Morgan fingerprint density at radius 1 is 1.45 bits per heavy atom. The van der Waals surface area contributed by atoms with Gasteiger partial charge in [-0.05, 0) is 26.8 Å². The Balaban J connectivity index is 3.69. The first-order valence-electron chi connectivity index (χ1n) is 3.65. The van der Waals surface area contributed by atoms with Crippen LogP contribution < -0.4 is 5.32 Å². The van der Waals surface area contributed by atoms with E-state index in [2.05, 4.69) is 5.32 Å². The van der Waals surface area contributed by atoms with Crippen LogP contribution in [0.4, 0.5) is 4.39 Å². The number of alkyl halides is 1. The lowest BCUT2D eigenvalue weighted by atomic mass is 10.3. The van der Waals surface area contributed by atoms with Gasteiger partial charge in [0.25, 0.3) is 0 Å². The van der Waals surface area contributed by atoms with Gasteiger partial charge >= 0.3 is 0 Å². The summed E-state index contributed by atoms with van der Waals surface area (Å²) < 4.78 is 12.1. The molecular formula is C8H14FNO. The lowest BCUT2D eigenvalue weighted by Gasteiger charge is -2.03. The summed E-state index contributed by atoms with van der Waals surface area (Å²) in [7, 11) is 0. The number of carbonyl (C=O) groups excluding carboxylic acids is 1. The summed E-state index contributed by atoms with van der Waals surface area (Å²) in [6.45, 7) is 5.08. The average molecular weight is 159 g/mol. The third kappa shape index (κ3) is 7.03. The van der Waals surface area contributed by atoms with Crippen molar-refractivity contribution in [2.24, 2.45) is 0 Å². The Morgan fingerprint density at radius 3 is 2.36 bits per heavy atom. The highest BCUT2D eigenvalue weighted by molar-refractivity contribution is 5.87. The lowest BCUT2D eigenvalue weighted by molar-refractivity contribution is -0.117. The molecule has 0 heterocycles. The molecule has 0 aromatic carbocycles. The molecule has 0 radical (unpaired) electrons. The number of halogens is 1. The summed E-state index contributed by atoms with van der Waals surface area (Å²) in [5, 5.41) is 2.61. The molecule has 2 nitrogen and oxygen atoms in total. The lowest BCUT2D eigenvalue weighted by Crippen LogP contribution is -2.28. The molecule has 64 valence electrons. The zero-order valence-electron chi connectivity index (χ0n) is 7.10. The average Bonchev–Trinajstić information content (AvgIpc) is 1.82. The van der Waals surface area contributed by atoms with Crippen molar-refractivity contribution in [1.82, 2.24) is 5.32 Å². The smallest absolute Gasteiger partial charge is 0.243 e. The van der Waals surface area contributed by atoms with E-state index in [4.69, 9.17) is 0 Å². The van der Waals surface area contributed by atoms with E-state index in [1.807, 2.05) is 13.8 Å². The van der Waals surface area contributed by atoms with Gasteiger partial charge in [-0.15, -0.1) is 0 Å². The number of nitrogens with one attached hydrogen (secondary N) is 1. The van der Waals surface area contributed by atoms with Crippen LogP contribution in [-0.4, -0.2) is 18.1 Å². The molecule has 0 bridgehead atoms. The topological polar surface area (TPSA) is 29.1 Å². The van der Waals surface area contributed by atoms with Crippen LogP contribution in [0.2, 0.25) is 0 Å². The van der Waals surface area contributed by atoms with Crippen LogP contribution in [0.25, 0.3) is 0 Å². The van der Waals surface area contributed by atoms with E-state index >= 15 is 0 Å². The molecule has 1 unspecified atom stereocenters. The molecule has 11 heavy (non-hydrogen) atoms. The van der Waals surface area contributed by atoms with Crippen molar-refractivity contribution in [2.45, 2.75) is 33.0 Å². The van der Waals surface area contributed by atoms with E-state index in [0.717, 1.165) is 0 Å². The Bertz CT molecular complexity index is 152. The van der Waals surface area contributed by atoms with Gasteiger partial charge in [0.05, 0.1) is 0 Å². The fourth-order valence-electron chi connectivity index (χ4n) is 0.553. The van der Waals surface area contributed by atoms with Crippen molar-refractivity contribution in [3.05, 3.63) is 12.2 Å². The molecule has 0 spiro atoms. The van der Waals surface area contributed by atoms with Crippen LogP contribution in [0.15, 0.2) is 12.2 Å². The largest absolute Gasteiger partial charge is 0.350 e. The molecule has 0 rings (SSSR count). The highest BCUT2D eigenvalue weighted by atomic mass is 19.1. The highest BCUT2D eigenvalue weighted by Crippen LogP contribution is 1.89. The molecule has 1 atom stereocenters. The molecule has 0 aromatic heterocycles. The van der Waals surface area contributed by atoms with Gasteiger partial charge < -0.3 is 5.32 Å².